The summed E-state index contributed by atoms with van der Waals surface area (Å²) in [4.78, 5) is 2.03. The molecule has 1 aliphatic rings. The van der Waals surface area contributed by atoms with Gasteiger partial charge in [0.25, 0.3) is 6.02 Å². The SMILES string of the molecule is CC1CCN(C(=N)OC(C)(C)C)CC1. The molecular weight excluding hydrogens is 176 g/mol. The van der Waals surface area contributed by atoms with Gasteiger partial charge in [0.1, 0.15) is 5.60 Å². The van der Waals surface area contributed by atoms with E-state index in [9.17, 15) is 0 Å². The Bertz CT molecular complexity index is 200. The quantitative estimate of drug-likeness (QED) is 0.479. The van der Waals surface area contributed by atoms with E-state index < -0.39 is 0 Å². The first-order valence-electron chi connectivity index (χ1n) is 5.41. The molecule has 3 nitrogen and oxygen atoms in total. The van der Waals surface area contributed by atoms with E-state index in [4.69, 9.17) is 10.1 Å². The van der Waals surface area contributed by atoms with Crippen LogP contribution in [0.25, 0.3) is 0 Å². The van der Waals surface area contributed by atoms with Crippen LogP contribution in [0, 0.1) is 11.3 Å². The zero-order valence-electron chi connectivity index (χ0n) is 9.76. The highest BCUT2D eigenvalue weighted by atomic mass is 16.5. The Morgan fingerprint density at radius 2 is 1.79 bits per heavy atom. The number of hydrogen-bond donors (Lipinski definition) is 1. The van der Waals surface area contributed by atoms with E-state index >= 15 is 0 Å². The lowest BCUT2D eigenvalue weighted by atomic mass is 10.00. The average molecular weight is 198 g/mol. The Balaban J connectivity index is 2.38. The summed E-state index contributed by atoms with van der Waals surface area (Å²) in [5, 5.41) is 7.81. The van der Waals surface area contributed by atoms with Gasteiger partial charge in [-0.2, -0.15) is 0 Å². The Morgan fingerprint density at radius 3 is 2.21 bits per heavy atom. The van der Waals surface area contributed by atoms with Crippen LogP contribution in [0.2, 0.25) is 0 Å². The van der Waals surface area contributed by atoms with Crippen molar-refractivity contribution < 1.29 is 4.74 Å². The fourth-order valence-corrected chi connectivity index (χ4v) is 1.57. The lowest BCUT2D eigenvalue weighted by molar-refractivity contribution is 0.0776. The van der Waals surface area contributed by atoms with E-state index in [0.717, 1.165) is 19.0 Å². The van der Waals surface area contributed by atoms with Gasteiger partial charge in [-0.3, -0.25) is 5.41 Å². The Hall–Kier alpha value is -0.730. The molecule has 0 amide bonds. The van der Waals surface area contributed by atoms with Gasteiger partial charge in [0.2, 0.25) is 0 Å². The molecule has 0 aromatic heterocycles. The maximum Gasteiger partial charge on any atom is 0.284 e. The van der Waals surface area contributed by atoms with Crippen LogP contribution in [0.4, 0.5) is 0 Å². The van der Waals surface area contributed by atoms with Gasteiger partial charge in [-0.25, -0.2) is 0 Å². The predicted molar refractivity (Wildman–Crippen MR) is 58.5 cm³/mol. The number of hydrogen-bond acceptors (Lipinski definition) is 2. The molecule has 0 spiro atoms. The topological polar surface area (TPSA) is 36.3 Å². The van der Waals surface area contributed by atoms with E-state index in [1.54, 1.807) is 0 Å². The molecule has 1 rings (SSSR count). The molecule has 0 aromatic rings. The molecule has 1 N–H and O–H groups in total. The van der Waals surface area contributed by atoms with Crippen molar-refractivity contribution >= 4 is 6.02 Å². The summed E-state index contributed by atoms with van der Waals surface area (Å²) in [5.74, 6) is 0.800. The van der Waals surface area contributed by atoms with E-state index in [2.05, 4.69) is 6.92 Å². The number of nitrogens with one attached hydrogen (secondary N) is 1. The molecule has 3 heteroatoms. The number of rotatable bonds is 0. The summed E-state index contributed by atoms with van der Waals surface area (Å²) < 4.78 is 5.52. The third-order valence-corrected chi connectivity index (χ3v) is 2.47. The normalized spacial score (nSPS) is 19.6. The van der Waals surface area contributed by atoms with Crippen molar-refractivity contribution in [3.63, 3.8) is 0 Å². The largest absolute Gasteiger partial charge is 0.460 e. The van der Waals surface area contributed by atoms with Crippen molar-refractivity contribution in [1.29, 1.82) is 5.41 Å². The van der Waals surface area contributed by atoms with Crippen LogP contribution in [0.5, 0.6) is 0 Å². The van der Waals surface area contributed by atoms with Crippen LogP contribution < -0.4 is 0 Å². The Morgan fingerprint density at radius 1 is 1.29 bits per heavy atom. The van der Waals surface area contributed by atoms with Gasteiger partial charge in [0.15, 0.2) is 0 Å². The summed E-state index contributed by atoms with van der Waals surface area (Å²) in [6, 6.07) is 0.337. The first-order valence-corrected chi connectivity index (χ1v) is 5.41. The van der Waals surface area contributed by atoms with Crippen LogP contribution in [0.1, 0.15) is 40.5 Å². The van der Waals surface area contributed by atoms with E-state index in [1.807, 2.05) is 25.7 Å². The molecule has 0 radical (unpaired) electrons. The molecule has 1 heterocycles. The summed E-state index contributed by atoms with van der Waals surface area (Å²) in [6.45, 7) is 10.1. The number of nitrogens with zero attached hydrogens (tertiary/aromatic N) is 1. The molecule has 0 bridgehead atoms. The maximum atomic E-state index is 7.81. The van der Waals surface area contributed by atoms with Gasteiger partial charge in [-0.15, -0.1) is 0 Å². The van der Waals surface area contributed by atoms with Crippen molar-refractivity contribution in [3.05, 3.63) is 0 Å². The molecule has 0 unspecified atom stereocenters. The molecule has 0 aromatic carbocycles. The van der Waals surface area contributed by atoms with Crippen molar-refractivity contribution in [2.75, 3.05) is 13.1 Å². The van der Waals surface area contributed by atoms with Crippen LogP contribution in [0.15, 0.2) is 0 Å². The van der Waals surface area contributed by atoms with Gasteiger partial charge < -0.3 is 9.64 Å². The molecule has 1 fully saturated rings. The van der Waals surface area contributed by atoms with Crippen molar-refractivity contribution in [1.82, 2.24) is 4.90 Å². The minimum Gasteiger partial charge on any atom is -0.460 e. The van der Waals surface area contributed by atoms with Gasteiger partial charge >= 0.3 is 0 Å². The van der Waals surface area contributed by atoms with Crippen LogP contribution >= 0.6 is 0 Å². The van der Waals surface area contributed by atoms with Crippen molar-refractivity contribution in [2.45, 2.75) is 46.1 Å². The van der Waals surface area contributed by atoms with Gasteiger partial charge in [-0.05, 0) is 39.5 Å². The monoisotopic (exact) mass is 198 g/mol. The first-order chi connectivity index (χ1) is 6.38. The summed E-state index contributed by atoms with van der Waals surface area (Å²) >= 11 is 0. The molecule has 0 atom stereocenters. The van der Waals surface area contributed by atoms with Crippen molar-refractivity contribution in [3.8, 4) is 0 Å². The fourth-order valence-electron chi connectivity index (χ4n) is 1.57. The molecule has 82 valence electrons. The third kappa shape index (κ3) is 3.56. The highest BCUT2D eigenvalue weighted by Crippen LogP contribution is 2.18. The number of likely N-dealkylation sites (tertiary alicyclic amines) is 1. The maximum absolute atomic E-state index is 7.81. The van der Waals surface area contributed by atoms with Crippen LogP contribution in [-0.4, -0.2) is 29.6 Å². The first kappa shape index (κ1) is 11.3. The van der Waals surface area contributed by atoms with Crippen LogP contribution in [0.3, 0.4) is 0 Å². The highest BCUT2D eigenvalue weighted by Gasteiger charge is 2.22. The molecule has 1 aliphatic heterocycles. The lowest BCUT2D eigenvalue weighted by Crippen LogP contribution is -2.41. The summed E-state index contributed by atoms with van der Waals surface area (Å²) in [5.41, 5.74) is -0.250. The third-order valence-electron chi connectivity index (χ3n) is 2.47. The zero-order valence-corrected chi connectivity index (χ0v) is 9.76. The smallest absolute Gasteiger partial charge is 0.284 e. The summed E-state index contributed by atoms with van der Waals surface area (Å²) in [6.07, 6.45) is 2.35. The predicted octanol–water partition coefficient (Wildman–Crippen LogP) is 2.47. The van der Waals surface area contributed by atoms with Gasteiger partial charge in [-0.1, -0.05) is 6.92 Å². The highest BCUT2D eigenvalue weighted by molar-refractivity contribution is 5.70. The van der Waals surface area contributed by atoms with Gasteiger partial charge in [0.05, 0.1) is 0 Å². The minimum absolute atomic E-state index is 0.250. The lowest BCUT2D eigenvalue weighted by Gasteiger charge is -2.34. The Labute approximate surface area is 86.9 Å². The number of amidine groups is 1. The second kappa shape index (κ2) is 4.20. The standard InChI is InChI=1S/C11H22N2O/c1-9-5-7-13(8-6-9)10(12)14-11(2,3)4/h9,12H,5-8H2,1-4H3. The van der Waals surface area contributed by atoms with Crippen LogP contribution in [-0.2, 0) is 4.74 Å². The van der Waals surface area contributed by atoms with E-state index in [1.165, 1.54) is 12.8 Å². The average Bonchev–Trinajstić information content (AvgIpc) is 2.02. The number of piperidine rings is 1. The minimum atomic E-state index is -0.250. The second-order valence-electron chi connectivity index (χ2n) is 5.19. The molecule has 0 saturated carbocycles. The number of ether oxygens (including phenoxy) is 1. The molecule has 0 aliphatic carbocycles. The fraction of sp³-hybridized carbons (Fsp3) is 0.909. The molecular formula is C11H22N2O. The van der Waals surface area contributed by atoms with Crippen molar-refractivity contribution in [2.24, 2.45) is 5.92 Å². The van der Waals surface area contributed by atoms with E-state index in [0.29, 0.717) is 6.02 Å². The van der Waals surface area contributed by atoms with E-state index in [-0.39, 0.29) is 5.60 Å². The van der Waals surface area contributed by atoms with Gasteiger partial charge in [0, 0.05) is 13.1 Å². The summed E-state index contributed by atoms with van der Waals surface area (Å²) in [7, 11) is 0. The molecule has 1 saturated heterocycles. The second-order valence-corrected chi connectivity index (χ2v) is 5.19. The zero-order chi connectivity index (χ0) is 10.8. The Kier molecular flexibility index (Phi) is 3.40. The molecule has 14 heavy (non-hydrogen) atoms.